The fourth-order valence-corrected chi connectivity index (χ4v) is 1.53. The Labute approximate surface area is 103 Å². The molecule has 92 valence electrons. The van der Waals surface area contributed by atoms with Crippen molar-refractivity contribution in [3.8, 4) is 0 Å². The fraction of sp³-hybridized carbons (Fsp3) is 0.583. The lowest BCUT2D eigenvalue weighted by Gasteiger charge is -2.14. The summed E-state index contributed by atoms with van der Waals surface area (Å²) in [5.41, 5.74) is 5.90. The second-order valence-electron chi connectivity index (χ2n) is 3.74. The van der Waals surface area contributed by atoms with Crippen LogP contribution in [0.15, 0.2) is 28.2 Å². The molecule has 0 aliphatic rings. The predicted octanol–water partition coefficient (Wildman–Crippen LogP) is 3.41. The van der Waals surface area contributed by atoms with Crippen molar-refractivity contribution in [1.82, 2.24) is 0 Å². The zero-order valence-corrected chi connectivity index (χ0v) is 11.0. The highest BCUT2D eigenvalue weighted by molar-refractivity contribution is 6.30. The van der Waals surface area contributed by atoms with Crippen LogP contribution in [0.3, 0.4) is 0 Å². The van der Waals surface area contributed by atoms with E-state index in [0.717, 1.165) is 12.8 Å². The Morgan fingerprint density at radius 2 is 2.25 bits per heavy atom. The largest absolute Gasteiger partial charge is 0.488 e. The molecule has 4 heteroatoms. The summed E-state index contributed by atoms with van der Waals surface area (Å²) in [6.45, 7) is 10.2. The van der Waals surface area contributed by atoms with E-state index in [0.29, 0.717) is 24.0 Å². The molecule has 3 nitrogen and oxygen atoms in total. The average Bonchev–Trinajstić information content (AvgIpc) is 2.18. The molecule has 0 spiro atoms. The van der Waals surface area contributed by atoms with Crippen molar-refractivity contribution in [2.24, 2.45) is 16.6 Å². The zero-order valence-electron chi connectivity index (χ0n) is 10.3. The summed E-state index contributed by atoms with van der Waals surface area (Å²) in [5.74, 6) is 0.845. The van der Waals surface area contributed by atoms with E-state index in [1.165, 1.54) is 0 Å². The molecule has 0 saturated heterocycles. The summed E-state index contributed by atoms with van der Waals surface area (Å²) in [7, 11) is 0. The van der Waals surface area contributed by atoms with Crippen LogP contribution in [0, 0.1) is 5.92 Å². The lowest BCUT2D eigenvalue weighted by atomic mass is 10.1. The highest BCUT2D eigenvalue weighted by atomic mass is 35.5. The van der Waals surface area contributed by atoms with Crippen LogP contribution in [0.25, 0.3) is 0 Å². The van der Waals surface area contributed by atoms with Crippen LogP contribution in [-0.2, 0) is 4.74 Å². The molecule has 0 aromatic carbocycles. The Morgan fingerprint density at radius 3 is 2.69 bits per heavy atom. The SMILES string of the molecule is C=C(N)/C(OC[C@@H](C)CCC)=C(Cl)\N=C/C. The molecule has 0 rings (SSSR count). The molecule has 0 aromatic rings. The molecule has 0 amide bonds. The number of hydrogen-bond acceptors (Lipinski definition) is 3. The average molecular weight is 245 g/mol. The first-order chi connectivity index (χ1) is 7.52. The van der Waals surface area contributed by atoms with E-state index in [-0.39, 0.29) is 5.16 Å². The molecule has 0 unspecified atom stereocenters. The number of halogens is 1. The van der Waals surface area contributed by atoms with Gasteiger partial charge >= 0.3 is 0 Å². The van der Waals surface area contributed by atoms with Gasteiger partial charge in [0.1, 0.15) is 0 Å². The highest BCUT2D eigenvalue weighted by Crippen LogP contribution is 2.18. The third kappa shape index (κ3) is 5.81. The van der Waals surface area contributed by atoms with Crippen molar-refractivity contribution in [2.75, 3.05) is 6.61 Å². The third-order valence-electron chi connectivity index (χ3n) is 2.02. The van der Waals surface area contributed by atoms with E-state index in [2.05, 4.69) is 25.4 Å². The molecule has 16 heavy (non-hydrogen) atoms. The lowest BCUT2D eigenvalue weighted by Crippen LogP contribution is -2.10. The number of hydrogen-bond donors (Lipinski definition) is 1. The predicted molar refractivity (Wildman–Crippen MR) is 70.4 cm³/mol. The quantitative estimate of drug-likeness (QED) is 0.323. The molecule has 2 N–H and O–H groups in total. The van der Waals surface area contributed by atoms with Gasteiger partial charge in [-0.15, -0.1) is 0 Å². The third-order valence-corrected chi connectivity index (χ3v) is 2.28. The molecule has 0 fully saturated rings. The van der Waals surface area contributed by atoms with Crippen molar-refractivity contribution < 1.29 is 4.74 Å². The minimum Gasteiger partial charge on any atom is -0.488 e. The van der Waals surface area contributed by atoms with Crippen LogP contribution in [-0.4, -0.2) is 12.8 Å². The van der Waals surface area contributed by atoms with Gasteiger partial charge in [-0.25, -0.2) is 4.99 Å². The number of ether oxygens (including phenoxy) is 1. The Balaban J connectivity index is 4.48. The monoisotopic (exact) mass is 244 g/mol. The first kappa shape index (κ1) is 15.0. The molecule has 0 bridgehead atoms. The molecular formula is C12H21ClN2O. The molecular weight excluding hydrogens is 224 g/mol. The first-order valence-electron chi connectivity index (χ1n) is 5.48. The molecule has 0 aliphatic carbocycles. The summed E-state index contributed by atoms with van der Waals surface area (Å²) >= 11 is 5.92. The van der Waals surface area contributed by atoms with Crippen LogP contribution >= 0.6 is 11.6 Å². The number of rotatable bonds is 7. The molecule has 0 aromatic heterocycles. The van der Waals surface area contributed by atoms with Gasteiger partial charge in [-0.3, -0.25) is 0 Å². The van der Waals surface area contributed by atoms with Crippen molar-refractivity contribution in [1.29, 1.82) is 0 Å². The van der Waals surface area contributed by atoms with E-state index in [9.17, 15) is 0 Å². The van der Waals surface area contributed by atoms with Gasteiger partial charge < -0.3 is 10.5 Å². The van der Waals surface area contributed by atoms with Crippen molar-refractivity contribution >= 4 is 17.8 Å². The van der Waals surface area contributed by atoms with Crippen molar-refractivity contribution in [3.63, 3.8) is 0 Å². The molecule has 0 heterocycles. The van der Waals surface area contributed by atoms with Crippen LogP contribution < -0.4 is 5.73 Å². The maximum Gasteiger partial charge on any atom is 0.178 e. The Kier molecular flexibility index (Phi) is 7.73. The van der Waals surface area contributed by atoms with Crippen LogP contribution in [0.4, 0.5) is 0 Å². The molecule has 0 saturated carbocycles. The standard InChI is InChI=1S/C12H21ClN2O/c1-5-7-9(3)8-16-11(10(4)14)12(13)15-6-2/h6,9H,4-5,7-8,14H2,1-3H3/b12-11+,15-6-/t9-/m0/s1. The maximum atomic E-state index is 5.92. The van der Waals surface area contributed by atoms with Gasteiger partial charge in [0.25, 0.3) is 0 Å². The van der Waals surface area contributed by atoms with Gasteiger partial charge in [0.15, 0.2) is 10.9 Å². The van der Waals surface area contributed by atoms with Gasteiger partial charge in [0, 0.05) is 6.21 Å². The van der Waals surface area contributed by atoms with Crippen LogP contribution in [0.1, 0.15) is 33.6 Å². The summed E-state index contributed by atoms with van der Waals surface area (Å²) in [4.78, 5) is 3.92. The smallest absolute Gasteiger partial charge is 0.178 e. The van der Waals surface area contributed by atoms with Gasteiger partial charge in [0.2, 0.25) is 0 Å². The number of nitrogens with zero attached hydrogens (tertiary/aromatic N) is 1. The van der Waals surface area contributed by atoms with Gasteiger partial charge in [-0.1, -0.05) is 38.4 Å². The van der Waals surface area contributed by atoms with Crippen molar-refractivity contribution in [2.45, 2.75) is 33.6 Å². The summed E-state index contributed by atoms with van der Waals surface area (Å²) in [5, 5.41) is 0.249. The van der Waals surface area contributed by atoms with E-state index in [1.54, 1.807) is 13.1 Å². The maximum absolute atomic E-state index is 5.92. The van der Waals surface area contributed by atoms with Gasteiger partial charge in [0.05, 0.1) is 12.3 Å². The summed E-state index contributed by atoms with van der Waals surface area (Å²) in [6, 6.07) is 0. The van der Waals surface area contributed by atoms with Crippen LogP contribution in [0.5, 0.6) is 0 Å². The fourth-order valence-electron chi connectivity index (χ4n) is 1.26. The first-order valence-corrected chi connectivity index (χ1v) is 5.86. The van der Waals surface area contributed by atoms with Crippen LogP contribution in [0.2, 0.25) is 0 Å². The van der Waals surface area contributed by atoms with Crippen molar-refractivity contribution in [3.05, 3.63) is 23.2 Å². The minimum absolute atomic E-state index is 0.249. The van der Waals surface area contributed by atoms with E-state index < -0.39 is 0 Å². The Bertz CT molecular complexity index is 285. The second kappa shape index (κ2) is 8.22. The van der Waals surface area contributed by atoms with Gasteiger partial charge in [-0.2, -0.15) is 0 Å². The molecule has 0 radical (unpaired) electrons. The zero-order chi connectivity index (χ0) is 12.6. The Hall–Kier alpha value is -0.960. The van der Waals surface area contributed by atoms with E-state index in [4.69, 9.17) is 22.1 Å². The summed E-state index contributed by atoms with van der Waals surface area (Å²) in [6.07, 6.45) is 3.83. The van der Waals surface area contributed by atoms with Gasteiger partial charge in [-0.05, 0) is 19.3 Å². The summed E-state index contributed by atoms with van der Waals surface area (Å²) < 4.78 is 5.54. The highest BCUT2D eigenvalue weighted by Gasteiger charge is 2.09. The second-order valence-corrected chi connectivity index (χ2v) is 4.10. The lowest BCUT2D eigenvalue weighted by molar-refractivity contribution is 0.172. The molecule has 0 aliphatic heterocycles. The minimum atomic E-state index is 0.249. The Morgan fingerprint density at radius 1 is 1.62 bits per heavy atom. The number of aliphatic imine (C=N–C) groups is 1. The topological polar surface area (TPSA) is 47.6 Å². The number of nitrogens with two attached hydrogens (primary N) is 1. The normalized spacial score (nSPS) is 14.8. The van der Waals surface area contributed by atoms with E-state index >= 15 is 0 Å². The molecule has 1 atom stereocenters. The van der Waals surface area contributed by atoms with E-state index in [1.807, 2.05) is 0 Å².